The second-order valence-electron chi connectivity index (χ2n) is 6.39. The average molecular weight is 387 g/mol. The molecule has 4 heteroatoms. The van der Waals surface area contributed by atoms with E-state index in [1.54, 1.807) is 0 Å². The maximum absolute atomic E-state index is 12.4. The minimum absolute atomic E-state index is 0.0150. The number of likely N-dealkylation sites (tertiary alicyclic amines) is 1. The quantitative estimate of drug-likeness (QED) is 0.829. The summed E-state index contributed by atoms with van der Waals surface area (Å²) in [7, 11) is 0. The van der Waals surface area contributed by atoms with Crippen molar-refractivity contribution in [2.24, 2.45) is 0 Å². The van der Waals surface area contributed by atoms with E-state index in [9.17, 15) is 4.79 Å². The highest BCUT2D eigenvalue weighted by Crippen LogP contribution is 2.25. The first-order chi connectivity index (χ1) is 11.6. The molecule has 1 N–H and O–H groups in total. The van der Waals surface area contributed by atoms with Crippen molar-refractivity contribution in [3.63, 3.8) is 0 Å². The van der Waals surface area contributed by atoms with Gasteiger partial charge in [-0.15, -0.1) is 0 Å². The van der Waals surface area contributed by atoms with Gasteiger partial charge in [-0.3, -0.25) is 9.69 Å². The number of rotatable bonds is 5. The molecule has 0 radical (unpaired) electrons. The zero-order valence-electron chi connectivity index (χ0n) is 14.0. The standard InChI is InChI=1S/C20H23BrN2O/c1-15-4-6-16(7-5-15)19(23-12-2-3-13-23)14-22-20(24)17-8-10-18(21)11-9-17/h4-11,19H,2-3,12-14H2,1H3,(H,22,24). The molecule has 1 unspecified atom stereocenters. The zero-order chi connectivity index (χ0) is 16.9. The third kappa shape index (κ3) is 4.25. The normalized spacial score (nSPS) is 16.1. The Balaban J connectivity index is 1.70. The monoisotopic (exact) mass is 386 g/mol. The Morgan fingerprint density at radius 1 is 1.08 bits per heavy atom. The van der Waals surface area contributed by atoms with Gasteiger partial charge in [0.15, 0.2) is 0 Å². The average Bonchev–Trinajstić information content (AvgIpc) is 3.11. The fourth-order valence-electron chi connectivity index (χ4n) is 3.19. The van der Waals surface area contributed by atoms with Crippen LogP contribution in [0, 0.1) is 6.92 Å². The number of aryl methyl sites for hydroxylation is 1. The molecule has 24 heavy (non-hydrogen) atoms. The number of hydrogen-bond donors (Lipinski definition) is 1. The topological polar surface area (TPSA) is 32.3 Å². The first-order valence-electron chi connectivity index (χ1n) is 8.48. The van der Waals surface area contributed by atoms with Crippen molar-refractivity contribution in [3.8, 4) is 0 Å². The lowest BCUT2D eigenvalue weighted by Gasteiger charge is -2.28. The van der Waals surface area contributed by atoms with Gasteiger partial charge in [-0.1, -0.05) is 45.8 Å². The summed E-state index contributed by atoms with van der Waals surface area (Å²) in [6.07, 6.45) is 2.48. The number of nitrogens with zero attached hydrogens (tertiary/aromatic N) is 1. The lowest BCUT2D eigenvalue weighted by molar-refractivity contribution is 0.0938. The Morgan fingerprint density at radius 3 is 2.33 bits per heavy atom. The molecule has 1 heterocycles. The third-order valence-corrected chi connectivity index (χ3v) is 5.13. The highest BCUT2D eigenvalue weighted by atomic mass is 79.9. The van der Waals surface area contributed by atoms with E-state index < -0.39 is 0 Å². The van der Waals surface area contributed by atoms with E-state index in [0.717, 1.165) is 17.6 Å². The van der Waals surface area contributed by atoms with Gasteiger partial charge in [0.25, 0.3) is 5.91 Å². The van der Waals surface area contributed by atoms with Crippen LogP contribution in [-0.2, 0) is 0 Å². The van der Waals surface area contributed by atoms with Gasteiger partial charge in [-0.2, -0.15) is 0 Å². The summed E-state index contributed by atoms with van der Waals surface area (Å²) in [5.41, 5.74) is 3.23. The molecular formula is C20H23BrN2O. The number of hydrogen-bond acceptors (Lipinski definition) is 2. The summed E-state index contributed by atoms with van der Waals surface area (Å²) in [5, 5.41) is 3.11. The van der Waals surface area contributed by atoms with Gasteiger partial charge in [0, 0.05) is 16.6 Å². The maximum atomic E-state index is 12.4. The van der Waals surface area contributed by atoms with Crippen LogP contribution in [0.2, 0.25) is 0 Å². The highest BCUT2D eigenvalue weighted by Gasteiger charge is 2.24. The van der Waals surface area contributed by atoms with Gasteiger partial charge >= 0.3 is 0 Å². The van der Waals surface area contributed by atoms with Crippen molar-refractivity contribution in [1.29, 1.82) is 0 Å². The molecule has 0 spiro atoms. The van der Waals surface area contributed by atoms with E-state index in [0.29, 0.717) is 12.1 Å². The predicted molar refractivity (Wildman–Crippen MR) is 101 cm³/mol. The summed E-state index contributed by atoms with van der Waals surface area (Å²) >= 11 is 3.40. The Kier molecular flexibility index (Phi) is 5.69. The van der Waals surface area contributed by atoms with Crippen molar-refractivity contribution < 1.29 is 4.79 Å². The molecule has 0 bridgehead atoms. The van der Waals surface area contributed by atoms with Crippen LogP contribution in [0.1, 0.15) is 40.4 Å². The number of nitrogens with one attached hydrogen (secondary N) is 1. The van der Waals surface area contributed by atoms with E-state index in [-0.39, 0.29) is 11.9 Å². The van der Waals surface area contributed by atoms with Crippen molar-refractivity contribution in [1.82, 2.24) is 10.2 Å². The molecule has 1 aliphatic rings. The van der Waals surface area contributed by atoms with Gasteiger partial charge in [0.05, 0.1) is 6.04 Å². The smallest absolute Gasteiger partial charge is 0.251 e. The second kappa shape index (κ2) is 7.95. The van der Waals surface area contributed by atoms with Gasteiger partial charge in [0.1, 0.15) is 0 Å². The third-order valence-electron chi connectivity index (χ3n) is 4.61. The van der Waals surface area contributed by atoms with Gasteiger partial charge < -0.3 is 5.32 Å². The van der Waals surface area contributed by atoms with Crippen LogP contribution in [0.3, 0.4) is 0 Å². The predicted octanol–water partition coefficient (Wildman–Crippen LogP) is 4.32. The van der Waals surface area contributed by atoms with Gasteiger partial charge in [-0.25, -0.2) is 0 Å². The van der Waals surface area contributed by atoms with Crippen LogP contribution < -0.4 is 5.32 Å². The van der Waals surface area contributed by atoms with Crippen LogP contribution in [0.4, 0.5) is 0 Å². The highest BCUT2D eigenvalue weighted by molar-refractivity contribution is 9.10. The van der Waals surface area contributed by atoms with Gasteiger partial charge in [0.2, 0.25) is 0 Å². The Labute approximate surface area is 152 Å². The Hall–Kier alpha value is -1.65. The van der Waals surface area contributed by atoms with Crippen molar-refractivity contribution in [3.05, 3.63) is 69.7 Å². The molecule has 0 aromatic heterocycles. The SMILES string of the molecule is Cc1ccc(C(CNC(=O)c2ccc(Br)cc2)N2CCCC2)cc1. The summed E-state index contributed by atoms with van der Waals surface area (Å²) < 4.78 is 0.980. The molecule has 126 valence electrons. The molecule has 1 atom stereocenters. The molecule has 3 nitrogen and oxygen atoms in total. The molecule has 0 aliphatic carbocycles. The molecule has 1 fully saturated rings. The molecule has 2 aromatic carbocycles. The zero-order valence-corrected chi connectivity index (χ0v) is 15.6. The minimum atomic E-state index is -0.0150. The van der Waals surface area contributed by atoms with E-state index in [4.69, 9.17) is 0 Å². The van der Waals surface area contributed by atoms with Crippen LogP contribution in [0.25, 0.3) is 0 Å². The Morgan fingerprint density at radius 2 is 1.71 bits per heavy atom. The van der Waals surface area contributed by atoms with E-state index in [2.05, 4.69) is 57.3 Å². The molecule has 1 aliphatic heterocycles. The van der Waals surface area contributed by atoms with Crippen molar-refractivity contribution >= 4 is 21.8 Å². The van der Waals surface area contributed by atoms with Crippen molar-refractivity contribution in [2.45, 2.75) is 25.8 Å². The number of halogens is 1. The lowest BCUT2D eigenvalue weighted by Crippen LogP contribution is -2.36. The number of carbonyl (C=O) groups excluding carboxylic acids is 1. The van der Waals surface area contributed by atoms with E-state index >= 15 is 0 Å². The second-order valence-corrected chi connectivity index (χ2v) is 7.30. The Bertz CT molecular complexity index is 676. The summed E-state index contributed by atoms with van der Waals surface area (Å²) in [6.45, 7) is 4.95. The summed E-state index contributed by atoms with van der Waals surface area (Å²) in [4.78, 5) is 14.9. The lowest BCUT2D eigenvalue weighted by atomic mass is 10.0. The van der Waals surface area contributed by atoms with E-state index in [1.807, 2.05) is 24.3 Å². The number of carbonyl (C=O) groups is 1. The van der Waals surface area contributed by atoms with Crippen molar-refractivity contribution in [2.75, 3.05) is 19.6 Å². The van der Waals surface area contributed by atoms with Crippen LogP contribution in [-0.4, -0.2) is 30.4 Å². The maximum Gasteiger partial charge on any atom is 0.251 e. The number of benzene rings is 2. The molecule has 2 aromatic rings. The molecule has 0 saturated carbocycles. The fourth-order valence-corrected chi connectivity index (χ4v) is 3.46. The molecular weight excluding hydrogens is 364 g/mol. The summed E-state index contributed by atoms with van der Waals surface area (Å²) in [6, 6.07) is 16.4. The molecule has 1 saturated heterocycles. The minimum Gasteiger partial charge on any atom is -0.350 e. The molecule has 1 amide bonds. The van der Waals surface area contributed by atoms with Gasteiger partial charge in [-0.05, 0) is 62.7 Å². The number of amides is 1. The van der Waals surface area contributed by atoms with Crippen LogP contribution in [0.5, 0.6) is 0 Å². The first kappa shape index (κ1) is 17.2. The fraction of sp³-hybridized carbons (Fsp3) is 0.350. The molecule has 3 rings (SSSR count). The summed E-state index contributed by atoms with van der Waals surface area (Å²) in [5.74, 6) is -0.0150. The van der Waals surface area contributed by atoms with Crippen LogP contribution >= 0.6 is 15.9 Å². The van der Waals surface area contributed by atoms with E-state index in [1.165, 1.54) is 24.0 Å². The van der Waals surface area contributed by atoms with Crippen LogP contribution in [0.15, 0.2) is 53.0 Å². The first-order valence-corrected chi connectivity index (χ1v) is 9.27. The largest absolute Gasteiger partial charge is 0.350 e.